The molecule has 0 aromatic heterocycles. The van der Waals surface area contributed by atoms with Gasteiger partial charge in [0, 0.05) is 17.1 Å². The van der Waals surface area contributed by atoms with Gasteiger partial charge in [0.1, 0.15) is 4.99 Å². The van der Waals surface area contributed by atoms with E-state index in [0.717, 1.165) is 48.6 Å². The standard InChI is InChI=1S/C14H21ClN2S/c1-3-7-17(8-4-2)10-12-6-5-11(14(16)18)9-13(12)15/h5-6,9H,3-4,7-8,10H2,1-2H3,(H2,16,18). The molecule has 0 aliphatic rings. The Balaban J connectivity index is 2.79. The number of nitrogens with zero attached hydrogens (tertiary/aromatic N) is 1. The van der Waals surface area contributed by atoms with Crippen molar-refractivity contribution in [3.8, 4) is 0 Å². The fourth-order valence-electron chi connectivity index (χ4n) is 1.97. The fourth-order valence-corrected chi connectivity index (χ4v) is 2.34. The van der Waals surface area contributed by atoms with Gasteiger partial charge >= 0.3 is 0 Å². The van der Waals surface area contributed by atoms with Crippen molar-refractivity contribution in [2.24, 2.45) is 5.73 Å². The van der Waals surface area contributed by atoms with Crippen molar-refractivity contribution in [3.05, 3.63) is 34.3 Å². The molecule has 0 saturated heterocycles. The lowest BCUT2D eigenvalue weighted by molar-refractivity contribution is 0.266. The minimum atomic E-state index is 0.391. The highest BCUT2D eigenvalue weighted by Gasteiger charge is 2.08. The van der Waals surface area contributed by atoms with E-state index in [4.69, 9.17) is 29.6 Å². The molecule has 0 spiro atoms. The number of rotatable bonds is 7. The SMILES string of the molecule is CCCN(CCC)Cc1ccc(C(N)=S)cc1Cl. The smallest absolute Gasteiger partial charge is 0.104 e. The van der Waals surface area contributed by atoms with E-state index < -0.39 is 0 Å². The first kappa shape index (κ1) is 15.4. The lowest BCUT2D eigenvalue weighted by Crippen LogP contribution is -2.25. The molecule has 2 nitrogen and oxygen atoms in total. The van der Waals surface area contributed by atoms with Crippen molar-refractivity contribution >= 4 is 28.8 Å². The quantitative estimate of drug-likeness (QED) is 0.776. The van der Waals surface area contributed by atoms with Crippen molar-refractivity contribution in [1.82, 2.24) is 4.90 Å². The van der Waals surface area contributed by atoms with E-state index in [-0.39, 0.29) is 0 Å². The summed E-state index contributed by atoms with van der Waals surface area (Å²) in [6.07, 6.45) is 2.31. The van der Waals surface area contributed by atoms with Crippen LogP contribution in [0, 0.1) is 0 Å². The van der Waals surface area contributed by atoms with Gasteiger partial charge in [0.25, 0.3) is 0 Å². The minimum Gasteiger partial charge on any atom is -0.389 e. The Morgan fingerprint density at radius 3 is 2.33 bits per heavy atom. The monoisotopic (exact) mass is 284 g/mol. The van der Waals surface area contributed by atoms with Crippen LogP contribution >= 0.6 is 23.8 Å². The van der Waals surface area contributed by atoms with Crippen LogP contribution in [0.4, 0.5) is 0 Å². The van der Waals surface area contributed by atoms with Crippen LogP contribution < -0.4 is 5.73 Å². The van der Waals surface area contributed by atoms with Crippen LogP contribution in [0.25, 0.3) is 0 Å². The van der Waals surface area contributed by atoms with Gasteiger partial charge in [0.2, 0.25) is 0 Å². The van der Waals surface area contributed by atoms with Crippen LogP contribution in [0.2, 0.25) is 5.02 Å². The van der Waals surface area contributed by atoms with Crippen LogP contribution in [0.1, 0.15) is 37.8 Å². The summed E-state index contributed by atoms with van der Waals surface area (Å²) in [5.41, 5.74) is 7.56. The number of hydrogen-bond donors (Lipinski definition) is 1. The molecule has 0 bridgehead atoms. The van der Waals surface area contributed by atoms with Gasteiger partial charge in [0.05, 0.1) is 0 Å². The Hall–Kier alpha value is -0.640. The van der Waals surface area contributed by atoms with Gasteiger partial charge in [-0.25, -0.2) is 0 Å². The predicted molar refractivity (Wildman–Crippen MR) is 83.2 cm³/mol. The number of hydrogen-bond acceptors (Lipinski definition) is 2. The topological polar surface area (TPSA) is 29.3 Å². The average Bonchev–Trinajstić information content (AvgIpc) is 2.32. The molecule has 18 heavy (non-hydrogen) atoms. The van der Waals surface area contributed by atoms with Gasteiger partial charge in [0.15, 0.2) is 0 Å². The maximum atomic E-state index is 6.28. The highest BCUT2D eigenvalue weighted by atomic mass is 35.5. The Morgan fingerprint density at radius 1 is 1.28 bits per heavy atom. The van der Waals surface area contributed by atoms with Gasteiger partial charge in [-0.3, -0.25) is 4.90 Å². The summed E-state index contributed by atoms with van der Waals surface area (Å²) in [6.45, 7) is 7.47. The third kappa shape index (κ3) is 4.56. The number of halogens is 1. The molecule has 1 aromatic rings. The maximum Gasteiger partial charge on any atom is 0.104 e. The van der Waals surface area contributed by atoms with Crippen LogP contribution in [-0.4, -0.2) is 23.0 Å². The molecule has 100 valence electrons. The molecule has 0 unspecified atom stereocenters. The molecule has 0 aliphatic heterocycles. The van der Waals surface area contributed by atoms with E-state index in [1.54, 1.807) is 0 Å². The Bertz CT molecular complexity index is 401. The van der Waals surface area contributed by atoms with Gasteiger partial charge < -0.3 is 5.73 Å². The summed E-state index contributed by atoms with van der Waals surface area (Å²) < 4.78 is 0. The first-order chi connectivity index (χ1) is 8.58. The highest BCUT2D eigenvalue weighted by Crippen LogP contribution is 2.20. The second-order valence-electron chi connectivity index (χ2n) is 4.45. The molecule has 0 radical (unpaired) electrons. The van der Waals surface area contributed by atoms with Crippen molar-refractivity contribution in [2.75, 3.05) is 13.1 Å². The summed E-state index contributed by atoms with van der Waals surface area (Å²) >= 11 is 11.2. The second kappa shape index (κ2) is 7.72. The third-order valence-corrected chi connectivity index (χ3v) is 3.40. The predicted octanol–water partition coefficient (Wildman–Crippen LogP) is 3.60. The number of benzene rings is 1. The van der Waals surface area contributed by atoms with Crippen molar-refractivity contribution < 1.29 is 0 Å². The summed E-state index contributed by atoms with van der Waals surface area (Å²) in [4.78, 5) is 2.81. The Morgan fingerprint density at radius 2 is 1.89 bits per heavy atom. The molecule has 4 heteroatoms. The van der Waals surface area contributed by atoms with Crippen LogP contribution in [-0.2, 0) is 6.54 Å². The first-order valence-electron chi connectivity index (χ1n) is 6.39. The van der Waals surface area contributed by atoms with Crippen molar-refractivity contribution in [3.63, 3.8) is 0 Å². The van der Waals surface area contributed by atoms with E-state index >= 15 is 0 Å². The van der Waals surface area contributed by atoms with Gasteiger partial charge in [-0.05, 0) is 37.6 Å². The first-order valence-corrected chi connectivity index (χ1v) is 7.17. The molecular weight excluding hydrogens is 264 g/mol. The zero-order valence-electron chi connectivity index (χ0n) is 11.1. The third-order valence-electron chi connectivity index (χ3n) is 2.81. The molecule has 1 aromatic carbocycles. The fraction of sp³-hybridized carbons (Fsp3) is 0.500. The van der Waals surface area contributed by atoms with Crippen molar-refractivity contribution in [2.45, 2.75) is 33.2 Å². The van der Waals surface area contributed by atoms with Gasteiger partial charge in [-0.1, -0.05) is 49.8 Å². The van der Waals surface area contributed by atoms with E-state index in [1.165, 1.54) is 0 Å². The molecular formula is C14H21ClN2S. The van der Waals surface area contributed by atoms with Crippen LogP contribution in [0.15, 0.2) is 18.2 Å². The van der Waals surface area contributed by atoms with E-state index in [9.17, 15) is 0 Å². The summed E-state index contributed by atoms with van der Waals surface area (Å²) in [7, 11) is 0. The van der Waals surface area contributed by atoms with Crippen LogP contribution in [0.5, 0.6) is 0 Å². The average molecular weight is 285 g/mol. The molecule has 0 amide bonds. The lowest BCUT2D eigenvalue weighted by atomic mass is 10.1. The lowest BCUT2D eigenvalue weighted by Gasteiger charge is -2.21. The van der Waals surface area contributed by atoms with Gasteiger partial charge in [-0.2, -0.15) is 0 Å². The Labute approximate surface area is 120 Å². The zero-order valence-corrected chi connectivity index (χ0v) is 12.7. The minimum absolute atomic E-state index is 0.391. The largest absolute Gasteiger partial charge is 0.389 e. The van der Waals surface area contributed by atoms with E-state index in [2.05, 4.69) is 18.7 Å². The van der Waals surface area contributed by atoms with Crippen molar-refractivity contribution in [1.29, 1.82) is 0 Å². The van der Waals surface area contributed by atoms with E-state index in [1.807, 2.05) is 18.2 Å². The summed E-state index contributed by atoms with van der Waals surface area (Å²) in [5.74, 6) is 0. The Kier molecular flexibility index (Phi) is 6.61. The normalized spacial score (nSPS) is 10.9. The summed E-state index contributed by atoms with van der Waals surface area (Å²) in [5, 5.41) is 0.748. The molecule has 0 aliphatic carbocycles. The molecule has 2 N–H and O–H groups in total. The zero-order chi connectivity index (χ0) is 13.5. The van der Waals surface area contributed by atoms with Gasteiger partial charge in [-0.15, -0.1) is 0 Å². The molecule has 1 rings (SSSR count). The summed E-state index contributed by atoms with van der Waals surface area (Å²) in [6, 6.07) is 5.82. The van der Waals surface area contributed by atoms with Crippen LogP contribution in [0.3, 0.4) is 0 Å². The highest BCUT2D eigenvalue weighted by molar-refractivity contribution is 7.80. The maximum absolute atomic E-state index is 6.28. The van der Waals surface area contributed by atoms with E-state index in [0.29, 0.717) is 4.99 Å². The molecule has 0 fully saturated rings. The molecule has 0 heterocycles. The molecule has 0 saturated carbocycles. The molecule has 0 atom stereocenters. The second-order valence-corrected chi connectivity index (χ2v) is 5.29. The number of thiocarbonyl (C=S) groups is 1. The number of nitrogens with two attached hydrogens (primary N) is 1.